The molecule has 0 fully saturated rings. The first-order valence-corrected chi connectivity index (χ1v) is 10.1. The minimum absolute atomic E-state index is 0.0701. The van der Waals surface area contributed by atoms with Crippen LogP contribution in [0.2, 0.25) is 0 Å². The lowest BCUT2D eigenvalue weighted by Crippen LogP contribution is -2.16. The highest BCUT2D eigenvalue weighted by Gasteiger charge is 2.21. The summed E-state index contributed by atoms with van der Waals surface area (Å²) in [5.41, 5.74) is 1.82. The first kappa shape index (κ1) is 19.1. The van der Waals surface area contributed by atoms with Crippen molar-refractivity contribution >= 4 is 38.1 Å². The van der Waals surface area contributed by atoms with Crippen LogP contribution in [-0.4, -0.2) is 33.7 Å². The SMILES string of the molecule is COC(=O)c1c(NC(=O)Cc2ccc(S(C)(=O)=O)cc2)sc(C)c1C. The van der Waals surface area contributed by atoms with Gasteiger partial charge in [0.25, 0.3) is 0 Å². The van der Waals surface area contributed by atoms with Gasteiger partial charge in [-0.05, 0) is 37.1 Å². The third kappa shape index (κ3) is 4.46. The fourth-order valence-corrected chi connectivity index (χ4v) is 3.97. The Labute approximate surface area is 150 Å². The molecule has 0 aliphatic heterocycles. The molecular formula is C17H19NO5S2. The van der Waals surface area contributed by atoms with Gasteiger partial charge in [-0.1, -0.05) is 12.1 Å². The first-order valence-electron chi connectivity index (χ1n) is 7.40. The molecule has 1 aromatic heterocycles. The molecule has 1 heterocycles. The second-order valence-electron chi connectivity index (χ2n) is 5.62. The molecule has 6 nitrogen and oxygen atoms in total. The van der Waals surface area contributed by atoms with E-state index in [4.69, 9.17) is 4.74 Å². The van der Waals surface area contributed by atoms with Gasteiger partial charge in [-0.3, -0.25) is 4.79 Å². The Morgan fingerprint density at radius 2 is 1.76 bits per heavy atom. The summed E-state index contributed by atoms with van der Waals surface area (Å²) in [6, 6.07) is 6.14. The van der Waals surface area contributed by atoms with Crippen molar-refractivity contribution in [1.29, 1.82) is 0 Å². The number of aryl methyl sites for hydroxylation is 1. The van der Waals surface area contributed by atoms with Gasteiger partial charge in [-0.25, -0.2) is 13.2 Å². The second-order valence-corrected chi connectivity index (χ2v) is 8.86. The number of ether oxygens (including phenoxy) is 1. The third-order valence-corrected chi connectivity index (χ3v) is 6.00. The Kier molecular flexibility index (Phi) is 5.64. The van der Waals surface area contributed by atoms with E-state index in [-0.39, 0.29) is 17.2 Å². The Morgan fingerprint density at radius 1 is 1.16 bits per heavy atom. The minimum Gasteiger partial charge on any atom is -0.465 e. The molecule has 0 spiro atoms. The predicted molar refractivity (Wildman–Crippen MR) is 97.0 cm³/mol. The number of nitrogens with one attached hydrogen (secondary N) is 1. The third-order valence-electron chi connectivity index (χ3n) is 3.74. The van der Waals surface area contributed by atoms with Gasteiger partial charge < -0.3 is 10.1 Å². The highest BCUT2D eigenvalue weighted by atomic mass is 32.2. The second kappa shape index (κ2) is 7.37. The lowest BCUT2D eigenvalue weighted by atomic mass is 10.1. The van der Waals surface area contributed by atoms with Gasteiger partial charge in [0, 0.05) is 11.1 Å². The van der Waals surface area contributed by atoms with Gasteiger partial charge in [-0.15, -0.1) is 11.3 Å². The number of esters is 1. The van der Waals surface area contributed by atoms with Gasteiger partial charge in [0.15, 0.2) is 9.84 Å². The van der Waals surface area contributed by atoms with Crippen molar-refractivity contribution in [2.75, 3.05) is 18.7 Å². The summed E-state index contributed by atoms with van der Waals surface area (Å²) in [5, 5.41) is 3.20. The van der Waals surface area contributed by atoms with Crippen LogP contribution in [0.25, 0.3) is 0 Å². The number of hydrogen-bond acceptors (Lipinski definition) is 6. The first-order chi connectivity index (χ1) is 11.6. The van der Waals surface area contributed by atoms with Crippen molar-refractivity contribution in [2.45, 2.75) is 25.2 Å². The molecule has 2 rings (SSSR count). The number of anilines is 1. The highest BCUT2D eigenvalue weighted by molar-refractivity contribution is 7.90. The Balaban J connectivity index is 2.16. The van der Waals surface area contributed by atoms with E-state index in [0.29, 0.717) is 16.1 Å². The Hall–Kier alpha value is -2.19. The van der Waals surface area contributed by atoms with E-state index in [1.807, 2.05) is 6.92 Å². The maximum Gasteiger partial charge on any atom is 0.341 e. The number of methoxy groups -OCH3 is 1. The van der Waals surface area contributed by atoms with E-state index in [0.717, 1.165) is 16.7 Å². The lowest BCUT2D eigenvalue weighted by Gasteiger charge is -2.07. The molecule has 0 saturated carbocycles. The summed E-state index contributed by atoms with van der Waals surface area (Å²) < 4.78 is 27.7. The number of carbonyl (C=O) groups excluding carboxylic acids is 2. The molecule has 25 heavy (non-hydrogen) atoms. The van der Waals surface area contributed by atoms with Gasteiger partial charge in [0.05, 0.1) is 24.0 Å². The summed E-state index contributed by atoms with van der Waals surface area (Å²) in [7, 11) is -1.97. The molecule has 0 radical (unpaired) electrons. The molecule has 8 heteroatoms. The number of thiophene rings is 1. The molecule has 0 unspecified atom stereocenters. The average molecular weight is 381 g/mol. The zero-order valence-corrected chi connectivity index (χ0v) is 16.0. The monoisotopic (exact) mass is 381 g/mol. The van der Waals surface area contributed by atoms with Crippen LogP contribution in [0.1, 0.15) is 26.4 Å². The summed E-state index contributed by atoms with van der Waals surface area (Å²) >= 11 is 1.32. The Morgan fingerprint density at radius 3 is 2.28 bits per heavy atom. The molecule has 0 bridgehead atoms. The normalized spacial score (nSPS) is 11.2. The fraction of sp³-hybridized carbons (Fsp3) is 0.294. The molecule has 2 aromatic rings. The lowest BCUT2D eigenvalue weighted by molar-refractivity contribution is -0.115. The number of amides is 1. The topological polar surface area (TPSA) is 89.5 Å². The van der Waals surface area contributed by atoms with Crippen LogP contribution in [0.4, 0.5) is 5.00 Å². The Bertz CT molecular complexity index is 911. The molecule has 1 aromatic carbocycles. The van der Waals surface area contributed by atoms with E-state index in [2.05, 4.69) is 5.32 Å². The molecule has 134 valence electrons. The number of benzene rings is 1. The zero-order valence-electron chi connectivity index (χ0n) is 14.4. The standard InChI is InChI=1S/C17H19NO5S2/c1-10-11(2)24-16(15(10)17(20)23-3)18-14(19)9-12-5-7-13(8-6-12)25(4,21)22/h5-8H,9H2,1-4H3,(H,18,19). The van der Waals surface area contributed by atoms with Crippen LogP contribution in [0.3, 0.4) is 0 Å². The summed E-state index contributed by atoms with van der Waals surface area (Å²) in [6.45, 7) is 3.67. The maximum absolute atomic E-state index is 12.3. The molecule has 1 N–H and O–H groups in total. The number of rotatable bonds is 5. The van der Waals surface area contributed by atoms with Crippen molar-refractivity contribution in [2.24, 2.45) is 0 Å². The van der Waals surface area contributed by atoms with Crippen molar-refractivity contribution in [1.82, 2.24) is 0 Å². The van der Waals surface area contributed by atoms with Crippen molar-refractivity contribution in [3.05, 3.63) is 45.8 Å². The van der Waals surface area contributed by atoms with Gasteiger partial charge in [-0.2, -0.15) is 0 Å². The van der Waals surface area contributed by atoms with Crippen LogP contribution in [0, 0.1) is 13.8 Å². The van der Waals surface area contributed by atoms with Crippen molar-refractivity contribution in [3.63, 3.8) is 0 Å². The van der Waals surface area contributed by atoms with Gasteiger partial charge in [0.1, 0.15) is 5.00 Å². The molecule has 1 amide bonds. The minimum atomic E-state index is -3.27. The van der Waals surface area contributed by atoms with Gasteiger partial charge in [0.2, 0.25) is 5.91 Å². The molecule has 0 atom stereocenters. The summed E-state index contributed by atoms with van der Waals surface area (Å²) in [4.78, 5) is 25.3. The number of carbonyl (C=O) groups is 2. The van der Waals surface area contributed by atoms with E-state index in [1.54, 1.807) is 19.1 Å². The predicted octanol–water partition coefficient (Wildman–Crippen LogP) is 2.74. The van der Waals surface area contributed by atoms with E-state index >= 15 is 0 Å². The highest BCUT2D eigenvalue weighted by Crippen LogP contribution is 2.33. The largest absolute Gasteiger partial charge is 0.465 e. The van der Waals surface area contributed by atoms with E-state index in [1.165, 1.54) is 30.6 Å². The smallest absolute Gasteiger partial charge is 0.341 e. The summed E-state index contributed by atoms with van der Waals surface area (Å²) in [6.07, 6.45) is 1.20. The number of sulfone groups is 1. The quantitative estimate of drug-likeness (QED) is 0.805. The average Bonchev–Trinajstić information content (AvgIpc) is 2.80. The van der Waals surface area contributed by atoms with Crippen LogP contribution in [0.15, 0.2) is 29.2 Å². The zero-order chi connectivity index (χ0) is 18.8. The van der Waals surface area contributed by atoms with Crippen LogP contribution in [-0.2, 0) is 25.8 Å². The summed E-state index contributed by atoms with van der Waals surface area (Å²) in [5.74, 6) is -0.784. The molecule has 0 aliphatic carbocycles. The molecule has 0 saturated heterocycles. The van der Waals surface area contributed by atoms with Crippen molar-refractivity contribution < 1.29 is 22.7 Å². The molecule has 0 aliphatic rings. The maximum atomic E-state index is 12.3. The van der Waals surface area contributed by atoms with E-state index in [9.17, 15) is 18.0 Å². The van der Waals surface area contributed by atoms with Crippen LogP contribution in [0.5, 0.6) is 0 Å². The van der Waals surface area contributed by atoms with Crippen LogP contribution < -0.4 is 5.32 Å². The van der Waals surface area contributed by atoms with Crippen LogP contribution >= 0.6 is 11.3 Å². The fourth-order valence-electron chi connectivity index (χ4n) is 2.27. The van der Waals surface area contributed by atoms with Crippen molar-refractivity contribution in [3.8, 4) is 0 Å². The molecular weight excluding hydrogens is 362 g/mol. The van der Waals surface area contributed by atoms with Gasteiger partial charge >= 0.3 is 5.97 Å². The number of hydrogen-bond donors (Lipinski definition) is 1. The van der Waals surface area contributed by atoms with E-state index < -0.39 is 15.8 Å².